The lowest BCUT2D eigenvalue weighted by Gasteiger charge is -2.08. The molecule has 2 N–H and O–H groups in total. The minimum absolute atomic E-state index is 0.309. The number of nitrogen functional groups attached to an aromatic ring is 1. The van der Waals surface area contributed by atoms with Crippen molar-refractivity contribution in [3.63, 3.8) is 0 Å². The van der Waals surface area contributed by atoms with Gasteiger partial charge in [0, 0.05) is 10.7 Å². The maximum absolute atomic E-state index is 9.21. The van der Waals surface area contributed by atoms with E-state index in [4.69, 9.17) is 5.73 Å². The lowest BCUT2D eigenvalue weighted by atomic mass is 10.2. The standard InChI is InChI=1S/C13H8BrN5/c14-9-4-3-8(7-15)11(6-9)19-12-10(18-13(19)16)2-1-5-17-12/h1-6H,(H2,16,18). The van der Waals surface area contributed by atoms with E-state index < -0.39 is 0 Å². The molecule has 2 heterocycles. The Morgan fingerprint density at radius 2 is 2.16 bits per heavy atom. The summed E-state index contributed by atoms with van der Waals surface area (Å²) < 4.78 is 2.54. The lowest BCUT2D eigenvalue weighted by molar-refractivity contribution is 1.07. The molecule has 0 unspecified atom stereocenters. The third-order valence-electron chi connectivity index (χ3n) is 2.76. The Morgan fingerprint density at radius 1 is 1.32 bits per heavy atom. The van der Waals surface area contributed by atoms with Crippen LogP contribution in [0.1, 0.15) is 5.56 Å². The number of anilines is 1. The molecule has 0 amide bonds. The molecule has 0 saturated carbocycles. The van der Waals surface area contributed by atoms with Gasteiger partial charge >= 0.3 is 0 Å². The summed E-state index contributed by atoms with van der Waals surface area (Å²) >= 11 is 3.40. The van der Waals surface area contributed by atoms with Crippen molar-refractivity contribution in [3.05, 3.63) is 46.6 Å². The minimum atomic E-state index is 0.309. The van der Waals surface area contributed by atoms with Gasteiger partial charge in [-0.25, -0.2) is 9.97 Å². The molecule has 3 aromatic rings. The van der Waals surface area contributed by atoms with Gasteiger partial charge in [-0.3, -0.25) is 4.57 Å². The molecule has 0 aliphatic heterocycles. The van der Waals surface area contributed by atoms with Crippen LogP contribution in [0.5, 0.6) is 0 Å². The fraction of sp³-hybridized carbons (Fsp3) is 0. The summed E-state index contributed by atoms with van der Waals surface area (Å²) in [6.07, 6.45) is 1.67. The molecule has 0 aliphatic rings. The first-order chi connectivity index (χ1) is 9.20. The van der Waals surface area contributed by atoms with Crippen molar-refractivity contribution in [3.8, 4) is 11.8 Å². The number of benzene rings is 1. The molecule has 0 fully saturated rings. The molecular formula is C13H8BrN5. The molecule has 0 radical (unpaired) electrons. The topological polar surface area (TPSA) is 80.5 Å². The third-order valence-corrected chi connectivity index (χ3v) is 3.26. The fourth-order valence-electron chi connectivity index (χ4n) is 1.95. The van der Waals surface area contributed by atoms with Crippen LogP contribution in [0, 0.1) is 11.3 Å². The molecule has 6 heteroatoms. The van der Waals surface area contributed by atoms with Gasteiger partial charge in [-0.2, -0.15) is 5.26 Å². The van der Waals surface area contributed by atoms with Crippen LogP contribution in [0.4, 0.5) is 5.95 Å². The van der Waals surface area contributed by atoms with E-state index in [1.807, 2.05) is 18.2 Å². The number of hydrogen-bond acceptors (Lipinski definition) is 4. The normalized spacial score (nSPS) is 10.5. The maximum Gasteiger partial charge on any atom is 0.207 e. The number of halogens is 1. The van der Waals surface area contributed by atoms with Crippen molar-refractivity contribution in [1.29, 1.82) is 5.26 Å². The van der Waals surface area contributed by atoms with Gasteiger partial charge in [0.05, 0.1) is 11.3 Å². The SMILES string of the molecule is N#Cc1ccc(Br)cc1-n1c(N)nc2cccnc21. The highest BCUT2D eigenvalue weighted by Gasteiger charge is 2.14. The number of imidazole rings is 1. The van der Waals surface area contributed by atoms with E-state index in [9.17, 15) is 5.26 Å². The van der Waals surface area contributed by atoms with Gasteiger partial charge in [-0.1, -0.05) is 15.9 Å². The molecule has 1 aromatic carbocycles. The smallest absolute Gasteiger partial charge is 0.207 e. The Morgan fingerprint density at radius 3 is 2.95 bits per heavy atom. The third kappa shape index (κ3) is 1.84. The molecule has 0 aliphatic carbocycles. The number of hydrogen-bond donors (Lipinski definition) is 1. The van der Waals surface area contributed by atoms with Crippen molar-refractivity contribution in [2.24, 2.45) is 0 Å². The zero-order chi connectivity index (χ0) is 13.4. The van der Waals surface area contributed by atoms with Crippen LogP contribution in [0.25, 0.3) is 16.9 Å². The Balaban J connectivity index is 2.40. The van der Waals surface area contributed by atoms with Gasteiger partial charge in [0.25, 0.3) is 0 Å². The van der Waals surface area contributed by atoms with E-state index in [0.717, 1.165) is 4.47 Å². The maximum atomic E-state index is 9.21. The molecule has 2 aromatic heterocycles. The van der Waals surface area contributed by atoms with Crippen LogP contribution in [-0.2, 0) is 0 Å². The second-order valence-electron chi connectivity index (χ2n) is 3.92. The number of rotatable bonds is 1. The zero-order valence-corrected chi connectivity index (χ0v) is 11.3. The van der Waals surface area contributed by atoms with Gasteiger partial charge in [-0.05, 0) is 30.3 Å². The fourth-order valence-corrected chi connectivity index (χ4v) is 2.30. The molecular weight excluding hydrogens is 306 g/mol. The van der Waals surface area contributed by atoms with E-state index in [1.165, 1.54) is 0 Å². The van der Waals surface area contributed by atoms with E-state index in [0.29, 0.717) is 28.4 Å². The van der Waals surface area contributed by atoms with Crippen LogP contribution in [0.3, 0.4) is 0 Å². The van der Waals surface area contributed by atoms with Gasteiger partial charge in [-0.15, -0.1) is 0 Å². The number of nitrogens with zero attached hydrogens (tertiary/aromatic N) is 4. The average Bonchev–Trinajstić information content (AvgIpc) is 2.74. The molecule has 0 bridgehead atoms. The lowest BCUT2D eigenvalue weighted by Crippen LogP contribution is -2.03. The van der Waals surface area contributed by atoms with Crippen LogP contribution in [0.15, 0.2) is 41.0 Å². The highest BCUT2D eigenvalue weighted by molar-refractivity contribution is 9.10. The van der Waals surface area contributed by atoms with Crippen LogP contribution < -0.4 is 5.73 Å². The van der Waals surface area contributed by atoms with Crippen LogP contribution in [-0.4, -0.2) is 14.5 Å². The first-order valence-electron chi connectivity index (χ1n) is 5.49. The van der Waals surface area contributed by atoms with Gasteiger partial charge in [0.2, 0.25) is 5.95 Å². The summed E-state index contributed by atoms with van der Waals surface area (Å²) in [5.74, 6) is 0.309. The Labute approximate surface area is 117 Å². The summed E-state index contributed by atoms with van der Waals surface area (Å²) in [5, 5.41) is 9.21. The Hall–Kier alpha value is -2.39. The molecule has 19 heavy (non-hydrogen) atoms. The Kier molecular flexibility index (Phi) is 2.69. The summed E-state index contributed by atoms with van der Waals surface area (Å²) in [6, 6.07) is 11.1. The molecule has 3 rings (SSSR count). The number of pyridine rings is 1. The number of nitrogens with two attached hydrogens (primary N) is 1. The zero-order valence-electron chi connectivity index (χ0n) is 9.71. The first-order valence-corrected chi connectivity index (χ1v) is 6.29. The van der Waals surface area contributed by atoms with Crippen LogP contribution in [0.2, 0.25) is 0 Å². The quantitative estimate of drug-likeness (QED) is 0.749. The summed E-state index contributed by atoms with van der Waals surface area (Å²) in [7, 11) is 0. The van der Waals surface area contributed by atoms with Crippen molar-refractivity contribution < 1.29 is 0 Å². The second kappa shape index (κ2) is 4.37. The van der Waals surface area contributed by atoms with Crippen LogP contribution >= 0.6 is 15.9 Å². The highest BCUT2D eigenvalue weighted by atomic mass is 79.9. The first kappa shape index (κ1) is 11.7. The van der Waals surface area contributed by atoms with Crippen molar-refractivity contribution in [2.75, 3.05) is 5.73 Å². The predicted molar refractivity (Wildman–Crippen MR) is 75.7 cm³/mol. The molecule has 92 valence electrons. The van der Waals surface area contributed by atoms with E-state index in [-0.39, 0.29) is 0 Å². The highest BCUT2D eigenvalue weighted by Crippen LogP contribution is 2.26. The Bertz CT molecular complexity index is 816. The minimum Gasteiger partial charge on any atom is -0.369 e. The molecule has 5 nitrogen and oxygen atoms in total. The second-order valence-corrected chi connectivity index (χ2v) is 4.84. The summed E-state index contributed by atoms with van der Waals surface area (Å²) in [5.41, 5.74) is 8.45. The van der Waals surface area contributed by atoms with E-state index in [2.05, 4.69) is 32.0 Å². The number of fused-ring (bicyclic) bond motifs is 1. The molecule has 0 atom stereocenters. The molecule has 0 saturated heterocycles. The van der Waals surface area contributed by atoms with Gasteiger partial charge in [0.1, 0.15) is 11.6 Å². The number of nitriles is 1. The summed E-state index contributed by atoms with van der Waals surface area (Å²) in [6.45, 7) is 0. The van der Waals surface area contributed by atoms with Gasteiger partial charge in [0.15, 0.2) is 5.65 Å². The van der Waals surface area contributed by atoms with E-state index in [1.54, 1.807) is 22.9 Å². The van der Waals surface area contributed by atoms with Crippen molar-refractivity contribution in [1.82, 2.24) is 14.5 Å². The summed E-state index contributed by atoms with van der Waals surface area (Å²) in [4.78, 5) is 8.53. The number of aromatic nitrogens is 3. The average molecular weight is 314 g/mol. The van der Waals surface area contributed by atoms with Crippen molar-refractivity contribution >= 4 is 33.0 Å². The van der Waals surface area contributed by atoms with Crippen molar-refractivity contribution in [2.45, 2.75) is 0 Å². The molecule has 0 spiro atoms. The monoisotopic (exact) mass is 313 g/mol. The largest absolute Gasteiger partial charge is 0.369 e. The predicted octanol–water partition coefficient (Wildman–Crippen LogP) is 2.64. The van der Waals surface area contributed by atoms with E-state index >= 15 is 0 Å². The van der Waals surface area contributed by atoms with Gasteiger partial charge < -0.3 is 5.73 Å².